The van der Waals surface area contributed by atoms with Crippen molar-refractivity contribution in [3.63, 3.8) is 0 Å². The van der Waals surface area contributed by atoms with Crippen molar-refractivity contribution >= 4 is 15.9 Å². The fourth-order valence-corrected chi connectivity index (χ4v) is 2.36. The topological polar surface area (TPSA) is 9.23 Å². The molecule has 0 aliphatic rings. The zero-order chi connectivity index (χ0) is 14.6. The fourth-order valence-electron chi connectivity index (χ4n) is 1.43. The number of ether oxygens (including phenoxy) is 1. The molecule has 1 unspecified atom stereocenters. The van der Waals surface area contributed by atoms with Gasteiger partial charge < -0.3 is 4.74 Å². The Morgan fingerprint density at radius 2 is 1.89 bits per heavy atom. The van der Waals surface area contributed by atoms with Crippen LogP contribution in [0.1, 0.15) is 19.4 Å². The molecule has 1 aromatic rings. The van der Waals surface area contributed by atoms with Gasteiger partial charge in [-0.15, -0.1) is 0 Å². The minimum Gasteiger partial charge on any atom is -0.493 e. The van der Waals surface area contributed by atoms with Crippen molar-refractivity contribution in [2.45, 2.75) is 20.0 Å². The molecule has 0 aliphatic carbocycles. The summed E-state index contributed by atoms with van der Waals surface area (Å²) in [5, 5.41) is 0.692. The van der Waals surface area contributed by atoms with Gasteiger partial charge in [0.2, 0.25) is 0 Å². The van der Waals surface area contributed by atoms with Crippen molar-refractivity contribution in [1.29, 1.82) is 0 Å². The lowest BCUT2D eigenvalue weighted by molar-refractivity contribution is -0.140. The zero-order valence-electron chi connectivity index (χ0n) is 10.6. The van der Waals surface area contributed by atoms with E-state index in [1.165, 1.54) is 6.07 Å². The molecule has 0 saturated heterocycles. The second kappa shape index (κ2) is 6.59. The Hall–Kier alpha value is -0.780. The highest BCUT2D eigenvalue weighted by Gasteiger charge is 2.34. The second-order valence-electron chi connectivity index (χ2n) is 4.61. The largest absolute Gasteiger partial charge is 0.493 e. The lowest BCUT2D eigenvalue weighted by atomic mass is 9.99. The highest BCUT2D eigenvalue weighted by molar-refractivity contribution is 9.09. The summed E-state index contributed by atoms with van der Waals surface area (Å²) in [5.41, 5.74) is -1.30. The minimum atomic E-state index is -4.71. The maximum absolute atomic E-state index is 13.1. The third-order valence-electron chi connectivity index (χ3n) is 2.85. The molecule has 1 atom stereocenters. The molecule has 0 heterocycles. The van der Waals surface area contributed by atoms with Crippen molar-refractivity contribution in [3.05, 3.63) is 29.6 Å². The van der Waals surface area contributed by atoms with E-state index in [1.807, 2.05) is 13.8 Å². The maximum Gasteiger partial charge on any atom is 0.419 e. The normalized spacial score (nSPS) is 13.7. The van der Waals surface area contributed by atoms with Gasteiger partial charge in [0, 0.05) is 11.2 Å². The van der Waals surface area contributed by atoms with Gasteiger partial charge in [0.15, 0.2) is 0 Å². The Kier molecular flexibility index (Phi) is 5.64. The van der Waals surface area contributed by atoms with E-state index in [0.717, 1.165) is 6.07 Å². The second-order valence-corrected chi connectivity index (χ2v) is 5.26. The molecule has 0 amide bonds. The average Bonchev–Trinajstić information content (AvgIpc) is 2.30. The first-order valence-corrected chi connectivity index (χ1v) is 6.93. The molecule has 0 spiro atoms. The van der Waals surface area contributed by atoms with Crippen molar-refractivity contribution in [2.24, 2.45) is 11.8 Å². The maximum atomic E-state index is 13.1. The van der Waals surface area contributed by atoms with E-state index >= 15 is 0 Å². The molecule has 1 rings (SSSR count). The van der Waals surface area contributed by atoms with Gasteiger partial charge in [0.05, 0.1) is 12.2 Å². The van der Waals surface area contributed by atoms with Crippen LogP contribution in [0.5, 0.6) is 5.75 Å². The third kappa shape index (κ3) is 4.67. The van der Waals surface area contributed by atoms with Crippen LogP contribution in [0.15, 0.2) is 18.2 Å². The molecule has 19 heavy (non-hydrogen) atoms. The van der Waals surface area contributed by atoms with Gasteiger partial charge in [0.1, 0.15) is 11.6 Å². The van der Waals surface area contributed by atoms with Gasteiger partial charge >= 0.3 is 6.18 Å². The number of alkyl halides is 4. The van der Waals surface area contributed by atoms with Crippen LogP contribution < -0.4 is 4.74 Å². The quantitative estimate of drug-likeness (QED) is 0.546. The van der Waals surface area contributed by atoms with E-state index in [9.17, 15) is 17.6 Å². The predicted octanol–water partition coefficient (Wildman–Crippen LogP) is 4.89. The summed E-state index contributed by atoms with van der Waals surface area (Å²) < 4.78 is 55.9. The van der Waals surface area contributed by atoms with E-state index in [-0.39, 0.29) is 18.3 Å². The van der Waals surface area contributed by atoms with Crippen LogP contribution in [0.2, 0.25) is 0 Å². The van der Waals surface area contributed by atoms with Gasteiger partial charge in [-0.2, -0.15) is 13.2 Å². The van der Waals surface area contributed by atoms with Crippen LogP contribution >= 0.6 is 15.9 Å². The van der Waals surface area contributed by atoms with Crippen molar-refractivity contribution in [3.8, 4) is 5.75 Å². The Morgan fingerprint density at radius 3 is 2.37 bits per heavy atom. The lowest BCUT2D eigenvalue weighted by Crippen LogP contribution is -2.19. The lowest BCUT2D eigenvalue weighted by Gasteiger charge is -2.19. The first-order chi connectivity index (χ1) is 8.75. The van der Waals surface area contributed by atoms with E-state index in [0.29, 0.717) is 17.3 Å². The molecular formula is C13H15BrF4O. The summed E-state index contributed by atoms with van der Waals surface area (Å²) >= 11 is 3.33. The van der Waals surface area contributed by atoms with Crippen LogP contribution in [0, 0.1) is 17.7 Å². The predicted molar refractivity (Wildman–Crippen MR) is 69.0 cm³/mol. The van der Waals surface area contributed by atoms with Gasteiger partial charge in [-0.3, -0.25) is 0 Å². The summed E-state index contributed by atoms with van der Waals surface area (Å²) in [5.74, 6) is -0.748. The van der Waals surface area contributed by atoms with Crippen molar-refractivity contribution in [1.82, 2.24) is 0 Å². The molecule has 1 aromatic carbocycles. The zero-order valence-corrected chi connectivity index (χ0v) is 12.2. The standard InChI is InChI=1S/C13H15BrF4O/c1-8(2)9(6-14)7-19-10-3-4-12(15)11(5-10)13(16,17)18/h3-5,8-9H,6-7H2,1-2H3. The van der Waals surface area contributed by atoms with Gasteiger partial charge in [-0.05, 0) is 24.1 Å². The number of rotatable bonds is 5. The first-order valence-electron chi connectivity index (χ1n) is 5.81. The molecular weight excluding hydrogens is 328 g/mol. The van der Waals surface area contributed by atoms with Crippen LogP contribution in [-0.4, -0.2) is 11.9 Å². The molecule has 0 radical (unpaired) electrons. The Labute approximate surface area is 118 Å². The fraction of sp³-hybridized carbons (Fsp3) is 0.538. The number of benzene rings is 1. The Bertz CT molecular complexity index is 418. The SMILES string of the molecule is CC(C)C(CBr)COc1ccc(F)c(C(F)(F)F)c1. The summed E-state index contributed by atoms with van der Waals surface area (Å²) in [7, 11) is 0. The Balaban J connectivity index is 2.81. The van der Waals surface area contributed by atoms with E-state index in [1.54, 1.807) is 0 Å². The van der Waals surface area contributed by atoms with Gasteiger partial charge in [-0.25, -0.2) is 4.39 Å². The smallest absolute Gasteiger partial charge is 0.419 e. The highest BCUT2D eigenvalue weighted by Crippen LogP contribution is 2.33. The first kappa shape index (κ1) is 16.3. The molecule has 0 saturated carbocycles. The molecule has 108 valence electrons. The van der Waals surface area contributed by atoms with Crippen LogP contribution in [0.4, 0.5) is 17.6 Å². The van der Waals surface area contributed by atoms with Crippen molar-refractivity contribution < 1.29 is 22.3 Å². The van der Waals surface area contributed by atoms with E-state index in [2.05, 4.69) is 15.9 Å². The molecule has 0 fully saturated rings. The summed E-state index contributed by atoms with van der Waals surface area (Å²) in [4.78, 5) is 0. The van der Waals surface area contributed by atoms with Gasteiger partial charge in [-0.1, -0.05) is 29.8 Å². The molecule has 0 aliphatic heterocycles. The van der Waals surface area contributed by atoms with E-state index < -0.39 is 17.6 Å². The van der Waals surface area contributed by atoms with Gasteiger partial charge in [0.25, 0.3) is 0 Å². The summed E-state index contributed by atoms with van der Waals surface area (Å²) in [6.45, 7) is 4.29. The minimum absolute atomic E-state index is 0.0281. The number of hydrogen-bond donors (Lipinski definition) is 0. The number of hydrogen-bond acceptors (Lipinski definition) is 1. The molecule has 0 aromatic heterocycles. The summed E-state index contributed by atoms with van der Waals surface area (Å²) in [6, 6.07) is 2.67. The highest BCUT2D eigenvalue weighted by atomic mass is 79.9. The van der Waals surface area contributed by atoms with Crippen LogP contribution in [-0.2, 0) is 6.18 Å². The monoisotopic (exact) mass is 342 g/mol. The molecule has 0 bridgehead atoms. The molecule has 1 nitrogen and oxygen atoms in total. The number of halogens is 5. The van der Waals surface area contributed by atoms with E-state index in [4.69, 9.17) is 4.74 Å². The van der Waals surface area contributed by atoms with Crippen LogP contribution in [0.25, 0.3) is 0 Å². The summed E-state index contributed by atoms with van der Waals surface area (Å²) in [6.07, 6.45) is -4.71. The average molecular weight is 343 g/mol. The third-order valence-corrected chi connectivity index (χ3v) is 3.68. The van der Waals surface area contributed by atoms with Crippen LogP contribution in [0.3, 0.4) is 0 Å². The van der Waals surface area contributed by atoms with Crippen molar-refractivity contribution in [2.75, 3.05) is 11.9 Å². The Morgan fingerprint density at radius 1 is 1.26 bits per heavy atom. The molecule has 0 N–H and O–H groups in total. The molecule has 6 heteroatoms.